The van der Waals surface area contributed by atoms with Crippen molar-refractivity contribution in [2.24, 2.45) is 0 Å². The zero-order chi connectivity index (χ0) is 16.6. The number of rotatable bonds is 2. The van der Waals surface area contributed by atoms with Crippen LogP contribution < -0.4 is 0 Å². The first-order chi connectivity index (χ1) is 11.0. The number of morpholine rings is 1. The van der Waals surface area contributed by atoms with Crippen molar-refractivity contribution in [2.75, 3.05) is 26.3 Å². The third kappa shape index (κ3) is 3.16. The van der Waals surface area contributed by atoms with Crippen molar-refractivity contribution in [2.45, 2.75) is 20.8 Å². The SMILES string of the molecule is Cc1ccc(-n2c(C)cc(C(=S)N3CCOCC3)c2C)cc1Cl. The predicted octanol–water partition coefficient (Wildman–Crippen LogP) is 4.06. The first-order valence-electron chi connectivity index (χ1n) is 7.81. The molecule has 0 saturated carbocycles. The zero-order valence-electron chi connectivity index (χ0n) is 13.7. The molecule has 1 fully saturated rings. The minimum absolute atomic E-state index is 0.743. The first-order valence-corrected chi connectivity index (χ1v) is 8.60. The summed E-state index contributed by atoms with van der Waals surface area (Å²) in [6.07, 6.45) is 0. The molecule has 23 heavy (non-hydrogen) atoms. The van der Waals surface area contributed by atoms with Gasteiger partial charge in [0.1, 0.15) is 4.99 Å². The summed E-state index contributed by atoms with van der Waals surface area (Å²) in [4.78, 5) is 3.14. The lowest BCUT2D eigenvalue weighted by Gasteiger charge is -2.29. The summed E-state index contributed by atoms with van der Waals surface area (Å²) in [5.74, 6) is 0. The molecule has 0 N–H and O–H groups in total. The van der Waals surface area contributed by atoms with Crippen LogP contribution in [0.3, 0.4) is 0 Å². The van der Waals surface area contributed by atoms with Crippen LogP contribution in [0.15, 0.2) is 24.3 Å². The van der Waals surface area contributed by atoms with Crippen LogP contribution in [0.1, 0.15) is 22.5 Å². The average Bonchev–Trinajstić information content (AvgIpc) is 2.85. The van der Waals surface area contributed by atoms with Crippen molar-refractivity contribution in [3.8, 4) is 5.69 Å². The number of thiocarbonyl (C=S) groups is 1. The number of hydrogen-bond donors (Lipinski definition) is 0. The Hall–Kier alpha value is -1.36. The van der Waals surface area contributed by atoms with Crippen LogP contribution in [0.25, 0.3) is 5.69 Å². The van der Waals surface area contributed by atoms with E-state index in [1.165, 1.54) is 0 Å². The van der Waals surface area contributed by atoms with Gasteiger partial charge in [0.05, 0.1) is 13.2 Å². The van der Waals surface area contributed by atoms with Crippen molar-refractivity contribution in [1.82, 2.24) is 9.47 Å². The minimum atomic E-state index is 0.743. The summed E-state index contributed by atoms with van der Waals surface area (Å²) < 4.78 is 7.63. The molecule has 0 amide bonds. The van der Waals surface area contributed by atoms with Gasteiger partial charge in [-0.25, -0.2) is 0 Å². The van der Waals surface area contributed by atoms with E-state index in [0.717, 1.165) is 64.5 Å². The molecular weight excluding hydrogens is 328 g/mol. The van der Waals surface area contributed by atoms with Crippen molar-refractivity contribution in [3.05, 3.63) is 51.8 Å². The standard InChI is InChI=1S/C18H21ClN2OS/c1-12-4-5-15(11-17(12)19)21-13(2)10-16(14(21)3)18(23)20-6-8-22-9-7-20/h4-5,10-11H,6-9H2,1-3H3. The smallest absolute Gasteiger partial charge is 0.111 e. The van der Waals surface area contributed by atoms with Crippen molar-refractivity contribution < 1.29 is 4.74 Å². The topological polar surface area (TPSA) is 17.4 Å². The second kappa shape index (κ2) is 6.63. The van der Waals surface area contributed by atoms with Crippen LogP contribution in [0.4, 0.5) is 0 Å². The molecular formula is C18H21ClN2OS. The van der Waals surface area contributed by atoms with Gasteiger partial charge in [-0.3, -0.25) is 0 Å². The van der Waals surface area contributed by atoms with E-state index in [0.29, 0.717) is 0 Å². The van der Waals surface area contributed by atoms with E-state index in [-0.39, 0.29) is 0 Å². The molecule has 1 aliphatic heterocycles. The van der Waals surface area contributed by atoms with Crippen molar-refractivity contribution in [1.29, 1.82) is 0 Å². The fourth-order valence-electron chi connectivity index (χ4n) is 3.03. The van der Waals surface area contributed by atoms with E-state index >= 15 is 0 Å². The van der Waals surface area contributed by atoms with Gasteiger partial charge < -0.3 is 14.2 Å². The number of hydrogen-bond acceptors (Lipinski definition) is 2. The molecule has 0 unspecified atom stereocenters. The third-order valence-corrected chi connectivity index (χ3v) is 5.26. The summed E-state index contributed by atoms with van der Waals surface area (Å²) >= 11 is 12.0. The normalized spacial score (nSPS) is 15.0. The largest absolute Gasteiger partial charge is 0.378 e. The number of halogens is 1. The van der Waals surface area contributed by atoms with E-state index in [9.17, 15) is 0 Å². The molecule has 3 rings (SSSR count). The average molecular weight is 349 g/mol. The molecule has 5 heteroatoms. The van der Waals surface area contributed by atoms with Crippen LogP contribution in [-0.4, -0.2) is 40.8 Å². The molecule has 1 aliphatic rings. The molecule has 122 valence electrons. The maximum atomic E-state index is 6.30. The molecule has 1 aromatic carbocycles. The van der Waals surface area contributed by atoms with Gasteiger partial charge in [0.15, 0.2) is 0 Å². The quantitative estimate of drug-likeness (QED) is 0.762. The van der Waals surface area contributed by atoms with Crippen LogP contribution in [0.2, 0.25) is 5.02 Å². The number of nitrogens with zero attached hydrogens (tertiary/aromatic N) is 2. The number of ether oxygens (including phenoxy) is 1. The lowest BCUT2D eigenvalue weighted by molar-refractivity contribution is 0.0692. The van der Waals surface area contributed by atoms with Crippen LogP contribution in [-0.2, 0) is 4.74 Å². The second-order valence-electron chi connectivity index (χ2n) is 5.96. The maximum Gasteiger partial charge on any atom is 0.111 e. The Morgan fingerprint density at radius 2 is 1.83 bits per heavy atom. The molecule has 0 radical (unpaired) electrons. The van der Waals surface area contributed by atoms with Gasteiger partial charge in [0, 0.05) is 40.8 Å². The Morgan fingerprint density at radius 1 is 1.13 bits per heavy atom. The Kier molecular flexibility index (Phi) is 4.76. The van der Waals surface area contributed by atoms with E-state index in [1.54, 1.807) is 0 Å². The van der Waals surface area contributed by atoms with Gasteiger partial charge in [0.2, 0.25) is 0 Å². The Labute approximate surface area is 147 Å². The molecule has 1 aromatic heterocycles. The van der Waals surface area contributed by atoms with E-state index in [2.05, 4.69) is 41.5 Å². The van der Waals surface area contributed by atoms with E-state index in [1.807, 2.05) is 13.0 Å². The Balaban J connectivity index is 1.98. The molecule has 0 spiro atoms. The number of aromatic nitrogens is 1. The summed E-state index contributed by atoms with van der Waals surface area (Å²) in [7, 11) is 0. The van der Waals surface area contributed by atoms with Crippen molar-refractivity contribution in [3.63, 3.8) is 0 Å². The molecule has 2 aromatic rings. The maximum absolute atomic E-state index is 6.30. The van der Waals surface area contributed by atoms with Crippen LogP contribution in [0.5, 0.6) is 0 Å². The molecule has 3 nitrogen and oxygen atoms in total. The lowest BCUT2D eigenvalue weighted by atomic mass is 10.2. The van der Waals surface area contributed by atoms with Crippen LogP contribution >= 0.6 is 23.8 Å². The number of benzene rings is 1. The highest BCUT2D eigenvalue weighted by Gasteiger charge is 2.20. The Morgan fingerprint density at radius 3 is 2.48 bits per heavy atom. The fraction of sp³-hybridized carbons (Fsp3) is 0.389. The van der Waals surface area contributed by atoms with Crippen molar-refractivity contribution >= 4 is 28.8 Å². The van der Waals surface area contributed by atoms with E-state index in [4.69, 9.17) is 28.6 Å². The lowest BCUT2D eigenvalue weighted by Crippen LogP contribution is -2.40. The summed E-state index contributed by atoms with van der Waals surface area (Å²) in [5, 5.41) is 0.785. The highest BCUT2D eigenvalue weighted by molar-refractivity contribution is 7.80. The summed E-state index contributed by atoms with van der Waals surface area (Å²) in [6.45, 7) is 9.44. The Bertz CT molecular complexity index is 748. The second-order valence-corrected chi connectivity index (χ2v) is 6.75. The fourth-order valence-corrected chi connectivity index (χ4v) is 3.60. The van der Waals surface area contributed by atoms with Gasteiger partial charge >= 0.3 is 0 Å². The summed E-state index contributed by atoms with van der Waals surface area (Å²) in [5.41, 5.74) is 5.59. The third-order valence-electron chi connectivity index (χ3n) is 4.37. The number of aryl methyl sites for hydroxylation is 2. The minimum Gasteiger partial charge on any atom is -0.378 e. The van der Waals surface area contributed by atoms with E-state index < -0.39 is 0 Å². The van der Waals surface area contributed by atoms with Gasteiger partial charge in [-0.2, -0.15) is 0 Å². The van der Waals surface area contributed by atoms with Gasteiger partial charge in [-0.05, 0) is 44.5 Å². The molecule has 1 saturated heterocycles. The zero-order valence-corrected chi connectivity index (χ0v) is 15.3. The van der Waals surface area contributed by atoms with Crippen LogP contribution in [0, 0.1) is 20.8 Å². The van der Waals surface area contributed by atoms with Gasteiger partial charge in [-0.1, -0.05) is 29.9 Å². The highest BCUT2D eigenvalue weighted by atomic mass is 35.5. The molecule has 0 aliphatic carbocycles. The monoisotopic (exact) mass is 348 g/mol. The molecule has 2 heterocycles. The molecule has 0 atom stereocenters. The van der Waals surface area contributed by atoms with Gasteiger partial charge in [-0.15, -0.1) is 0 Å². The highest BCUT2D eigenvalue weighted by Crippen LogP contribution is 2.26. The first kappa shape index (κ1) is 16.5. The van der Waals surface area contributed by atoms with Gasteiger partial charge in [0.25, 0.3) is 0 Å². The predicted molar refractivity (Wildman–Crippen MR) is 99.1 cm³/mol. The summed E-state index contributed by atoms with van der Waals surface area (Å²) in [6, 6.07) is 8.33. The molecule has 0 bridgehead atoms.